The third kappa shape index (κ3) is 1.93. The SMILES string of the molecule is O=C(NCc1cn[nH]c1)c1ccc2n[nH]nc2c1. The molecule has 1 aromatic carbocycles. The highest BCUT2D eigenvalue weighted by molar-refractivity contribution is 5.97. The normalized spacial score (nSPS) is 10.7. The van der Waals surface area contributed by atoms with Crippen molar-refractivity contribution in [3.05, 3.63) is 41.7 Å². The smallest absolute Gasteiger partial charge is 0.251 e. The first kappa shape index (κ1) is 10.5. The summed E-state index contributed by atoms with van der Waals surface area (Å²) < 4.78 is 0. The van der Waals surface area contributed by atoms with Crippen molar-refractivity contribution < 1.29 is 4.79 Å². The van der Waals surface area contributed by atoms with E-state index in [0.29, 0.717) is 17.6 Å². The van der Waals surface area contributed by atoms with Crippen LogP contribution >= 0.6 is 0 Å². The molecule has 7 heteroatoms. The van der Waals surface area contributed by atoms with Crippen LogP contribution in [0.4, 0.5) is 0 Å². The number of H-pyrrole nitrogens is 2. The van der Waals surface area contributed by atoms with Gasteiger partial charge in [-0.1, -0.05) is 0 Å². The van der Waals surface area contributed by atoms with Crippen LogP contribution in [0.2, 0.25) is 0 Å². The number of carbonyl (C=O) groups excluding carboxylic acids is 1. The molecule has 18 heavy (non-hydrogen) atoms. The van der Waals surface area contributed by atoms with Crippen LogP contribution in [-0.2, 0) is 6.54 Å². The lowest BCUT2D eigenvalue weighted by Crippen LogP contribution is -2.22. The average molecular weight is 242 g/mol. The largest absolute Gasteiger partial charge is 0.348 e. The molecule has 2 heterocycles. The molecule has 0 aliphatic rings. The number of nitrogens with one attached hydrogen (secondary N) is 3. The molecule has 0 aliphatic carbocycles. The Hall–Kier alpha value is -2.70. The summed E-state index contributed by atoms with van der Waals surface area (Å²) >= 11 is 0. The van der Waals surface area contributed by atoms with E-state index in [1.54, 1.807) is 30.6 Å². The van der Waals surface area contributed by atoms with Gasteiger partial charge in [-0.15, -0.1) is 0 Å². The summed E-state index contributed by atoms with van der Waals surface area (Å²) in [5, 5.41) is 19.7. The van der Waals surface area contributed by atoms with Crippen molar-refractivity contribution in [3.8, 4) is 0 Å². The molecule has 0 unspecified atom stereocenters. The van der Waals surface area contributed by atoms with Gasteiger partial charge in [0, 0.05) is 23.9 Å². The molecule has 3 N–H and O–H groups in total. The van der Waals surface area contributed by atoms with Gasteiger partial charge in [0.05, 0.1) is 6.20 Å². The molecule has 7 nitrogen and oxygen atoms in total. The van der Waals surface area contributed by atoms with E-state index in [1.807, 2.05) is 0 Å². The van der Waals surface area contributed by atoms with Crippen molar-refractivity contribution in [1.29, 1.82) is 0 Å². The lowest BCUT2D eigenvalue weighted by molar-refractivity contribution is 0.0951. The van der Waals surface area contributed by atoms with Crippen LogP contribution < -0.4 is 5.32 Å². The second kappa shape index (κ2) is 4.28. The van der Waals surface area contributed by atoms with Crippen molar-refractivity contribution in [3.63, 3.8) is 0 Å². The number of rotatable bonds is 3. The molecule has 0 spiro atoms. The van der Waals surface area contributed by atoms with Gasteiger partial charge >= 0.3 is 0 Å². The van der Waals surface area contributed by atoms with Crippen LogP contribution in [-0.4, -0.2) is 31.5 Å². The number of aromatic nitrogens is 5. The summed E-state index contributed by atoms with van der Waals surface area (Å²) in [6.07, 6.45) is 3.40. The Morgan fingerprint density at radius 3 is 3.00 bits per heavy atom. The van der Waals surface area contributed by atoms with E-state index in [1.165, 1.54) is 0 Å². The third-order valence-corrected chi connectivity index (χ3v) is 2.59. The monoisotopic (exact) mass is 242 g/mol. The lowest BCUT2D eigenvalue weighted by atomic mass is 10.2. The van der Waals surface area contributed by atoms with Gasteiger partial charge in [0.2, 0.25) is 0 Å². The number of nitrogens with zero attached hydrogens (tertiary/aromatic N) is 3. The number of hydrogen-bond acceptors (Lipinski definition) is 4. The summed E-state index contributed by atoms with van der Waals surface area (Å²) in [7, 11) is 0. The number of benzene rings is 1. The van der Waals surface area contributed by atoms with E-state index in [9.17, 15) is 4.79 Å². The summed E-state index contributed by atoms with van der Waals surface area (Å²) in [6.45, 7) is 0.437. The predicted molar refractivity (Wildman–Crippen MR) is 63.6 cm³/mol. The number of carbonyl (C=O) groups is 1. The molecule has 0 aliphatic heterocycles. The first-order valence-corrected chi connectivity index (χ1v) is 5.39. The summed E-state index contributed by atoms with van der Waals surface area (Å²) in [5.74, 6) is -0.152. The Kier molecular flexibility index (Phi) is 2.49. The maximum atomic E-state index is 11.9. The number of hydrogen-bond donors (Lipinski definition) is 3. The molecule has 3 aromatic rings. The molecule has 0 saturated heterocycles. The Labute approximate surface area is 102 Å². The lowest BCUT2D eigenvalue weighted by Gasteiger charge is -2.02. The second-order valence-corrected chi connectivity index (χ2v) is 3.82. The van der Waals surface area contributed by atoms with Crippen LogP contribution in [0.1, 0.15) is 15.9 Å². The van der Waals surface area contributed by atoms with Gasteiger partial charge in [-0.25, -0.2) is 0 Å². The van der Waals surface area contributed by atoms with Crippen LogP contribution in [0.3, 0.4) is 0 Å². The number of amides is 1. The first-order valence-electron chi connectivity index (χ1n) is 5.39. The molecule has 1 amide bonds. The molecule has 2 aromatic heterocycles. The van der Waals surface area contributed by atoms with E-state index in [2.05, 4.69) is 30.9 Å². The zero-order valence-electron chi connectivity index (χ0n) is 9.34. The van der Waals surface area contributed by atoms with Gasteiger partial charge in [0.25, 0.3) is 5.91 Å². The van der Waals surface area contributed by atoms with Gasteiger partial charge in [-0.3, -0.25) is 9.89 Å². The van der Waals surface area contributed by atoms with E-state index in [4.69, 9.17) is 0 Å². The molecular formula is C11H10N6O. The molecule has 3 rings (SSSR count). The fourth-order valence-corrected chi connectivity index (χ4v) is 1.64. The second-order valence-electron chi connectivity index (χ2n) is 3.82. The zero-order valence-corrected chi connectivity index (χ0v) is 9.34. The summed E-state index contributed by atoms with van der Waals surface area (Å²) in [5.41, 5.74) is 2.89. The number of aromatic amines is 2. The molecule has 0 atom stereocenters. The average Bonchev–Trinajstić information content (AvgIpc) is 3.05. The minimum Gasteiger partial charge on any atom is -0.348 e. The molecule has 0 bridgehead atoms. The van der Waals surface area contributed by atoms with E-state index in [0.717, 1.165) is 11.1 Å². The highest BCUT2D eigenvalue weighted by atomic mass is 16.1. The Bertz CT molecular complexity index is 672. The fraction of sp³-hybridized carbons (Fsp3) is 0.0909. The van der Waals surface area contributed by atoms with Crippen LogP contribution in [0.25, 0.3) is 11.0 Å². The molecule has 90 valence electrons. The van der Waals surface area contributed by atoms with Crippen LogP contribution in [0.5, 0.6) is 0 Å². The standard InChI is InChI=1S/C11H10N6O/c18-11(12-4-7-5-13-14-6-7)8-1-2-9-10(3-8)16-17-15-9/h1-3,5-6H,4H2,(H,12,18)(H,13,14)(H,15,16,17). The maximum absolute atomic E-state index is 11.9. The minimum atomic E-state index is -0.152. The molecular weight excluding hydrogens is 232 g/mol. The van der Waals surface area contributed by atoms with E-state index in [-0.39, 0.29) is 5.91 Å². The molecule has 0 fully saturated rings. The Morgan fingerprint density at radius 1 is 1.28 bits per heavy atom. The van der Waals surface area contributed by atoms with Crippen LogP contribution in [0, 0.1) is 0 Å². The Morgan fingerprint density at radius 2 is 2.17 bits per heavy atom. The zero-order chi connectivity index (χ0) is 12.4. The number of fused-ring (bicyclic) bond motifs is 1. The molecule has 0 saturated carbocycles. The third-order valence-electron chi connectivity index (χ3n) is 2.59. The van der Waals surface area contributed by atoms with E-state index < -0.39 is 0 Å². The van der Waals surface area contributed by atoms with Gasteiger partial charge in [0.15, 0.2) is 0 Å². The van der Waals surface area contributed by atoms with Gasteiger partial charge in [-0.05, 0) is 18.2 Å². The highest BCUT2D eigenvalue weighted by Crippen LogP contribution is 2.10. The summed E-state index contributed by atoms with van der Waals surface area (Å²) in [6, 6.07) is 5.17. The van der Waals surface area contributed by atoms with Crippen molar-refractivity contribution in [2.45, 2.75) is 6.54 Å². The van der Waals surface area contributed by atoms with Gasteiger partial charge < -0.3 is 5.32 Å². The maximum Gasteiger partial charge on any atom is 0.251 e. The predicted octanol–water partition coefficient (Wildman–Crippen LogP) is 0.611. The quantitative estimate of drug-likeness (QED) is 0.626. The fourth-order valence-electron chi connectivity index (χ4n) is 1.64. The van der Waals surface area contributed by atoms with Crippen molar-refractivity contribution in [2.24, 2.45) is 0 Å². The van der Waals surface area contributed by atoms with E-state index >= 15 is 0 Å². The minimum absolute atomic E-state index is 0.152. The summed E-state index contributed by atoms with van der Waals surface area (Å²) in [4.78, 5) is 11.9. The van der Waals surface area contributed by atoms with Gasteiger partial charge in [0.1, 0.15) is 11.0 Å². The van der Waals surface area contributed by atoms with Gasteiger partial charge in [-0.2, -0.15) is 20.5 Å². The topological polar surface area (TPSA) is 99.4 Å². The Balaban J connectivity index is 1.75. The highest BCUT2D eigenvalue weighted by Gasteiger charge is 2.07. The molecule has 0 radical (unpaired) electrons. The van der Waals surface area contributed by atoms with Crippen molar-refractivity contribution in [1.82, 2.24) is 30.9 Å². The van der Waals surface area contributed by atoms with Crippen molar-refractivity contribution >= 4 is 16.9 Å². The first-order chi connectivity index (χ1) is 8.83. The van der Waals surface area contributed by atoms with Crippen LogP contribution in [0.15, 0.2) is 30.6 Å². The van der Waals surface area contributed by atoms with Crippen molar-refractivity contribution in [2.75, 3.05) is 0 Å².